The number of hydrogen-bond donors (Lipinski definition) is 2. The summed E-state index contributed by atoms with van der Waals surface area (Å²) in [5.74, 6) is 1.51. The van der Waals surface area contributed by atoms with Crippen molar-refractivity contribution in [3.63, 3.8) is 0 Å². The molecule has 2 N–H and O–H groups in total. The van der Waals surface area contributed by atoms with E-state index in [1.165, 1.54) is 25.7 Å². The molecule has 1 aliphatic carbocycles. The van der Waals surface area contributed by atoms with Crippen LogP contribution in [0.4, 0.5) is 5.82 Å². The number of carbonyl (C=O) groups is 1. The zero-order valence-electron chi connectivity index (χ0n) is 15.3. The van der Waals surface area contributed by atoms with Crippen LogP contribution in [0, 0.1) is 12.3 Å². The zero-order chi connectivity index (χ0) is 17.7. The highest BCUT2D eigenvalue weighted by Crippen LogP contribution is 2.47. The zero-order valence-corrected chi connectivity index (χ0v) is 15.3. The lowest BCUT2D eigenvalue weighted by atomic mass is 9.68. The Labute approximate surface area is 150 Å². The molecule has 0 unspecified atom stereocenters. The predicted molar refractivity (Wildman–Crippen MR) is 101 cm³/mol. The molecule has 2 heterocycles. The Bertz CT molecular complexity index is 638. The molecule has 0 bridgehead atoms. The third-order valence-electron chi connectivity index (χ3n) is 5.24. The molecule has 25 heavy (non-hydrogen) atoms. The van der Waals surface area contributed by atoms with Crippen LogP contribution in [0.15, 0.2) is 23.2 Å². The minimum absolute atomic E-state index is 0.0467. The van der Waals surface area contributed by atoms with Crippen molar-refractivity contribution in [1.29, 1.82) is 0 Å². The van der Waals surface area contributed by atoms with Crippen LogP contribution in [0.5, 0.6) is 0 Å². The smallest absolute Gasteiger partial charge is 0.227 e. The van der Waals surface area contributed by atoms with Gasteiger partial charge in [-0.05, 0) is 50.7 Å². The van der Waals surface area contributed by atoms with Crippen LogP contribution in [0.2, 0.25) is 0 Å². The maximum absolute atomic E-state index is 12.1. The number of aryl methyl sites for hydroxylation is 1. The Hall–Kier alpha value is -2.11. The number of pyridine rings is 1. The quantitative estimate of drug-likeness (QED) is 0.637. The highest BCUT2D eigenvalue weighted by Gasteiger charge is 2.43. The number of aromatic nitrogens is 1. The van der Waals surface area contributed by atoms with Crippen molar-refractivity contribution in [2.75, 3.05) is 31.5 Å². The molecular formula is C19H29N5O. The van der Waals surface area contributed by atoms with Gasteiger partial charge in [-0.15, -0.1) is 0 Å². The van der Waals surface area contributed by atoms with Gasteiger partial charge in [0, 0.05) is 31.7 Å². The molecule has 1 aromatic heterocycles. The van der Waals surface area contributed by atoms with Crippen LogP contribution in [0.3, 0.4) is 0 Å². The van der Waals surface area contributed by atoms with Gasteiger partial charge in [0.05, 0.1) is 6.54 Å². The van der Waals surface area contributed by atoms with Gasteiger partial charge in [-0.25, -0.2) is 4.98 Å². The number of anilines is 1. The molecule has 2 aliphatic rings. The molecule has 1 saturated carbocycles. The largest absolute Gasteiger partial charge is 0.357 e. The van der Waals surface area contributed by atoms with Crippen molar-refractivity contribution in [2.45, 2.75) is 46.0 Å². The molecule has 2 fully saturated rings. The van der Waals surface area contributed by atoms with Crippen LogP contribution in [-0.2, 0) is 4.79 Å². The Morgan fingerprint density at radius 2 is 2.20 bits per heavy atom. The van der Waals surface area contributed by atoms with Crippen molar-refractivity contribution >= 4 is 17.7 Å². The summed E-state index contributed by atoms with van der Waals surface area (Å²) in [6.07, 6.45) is 5.72. The number of carbonyl (C=O) groups excluding carboxylic acids is 1. The van der Waals surface area contributed by atoms with E-state index in [-0.39, 0.29) is 5.91 Å². The lowest BCUT2D eigenvalue weighted by Crippen LogP contribution is -2.42. The minimum atomic E-state index is -0.0467. The van der Waals surface area contributed by atoms with Crippen LogP contribution < -0.4 is 10.6 Å². The molecule has 6 heteroatoms. The number of amides is 1. The Balaban J connectivity index is 1.50. The van der Waals surface area contributed by atoms with E-state index in [1.54, 1.807) is 6.07 Å². The van der Waals surface area contributed by atoms with Crippen molar-refractivity contribution in [2.24, 2.45) is 10.4 Å². The Kier molecular flexibility index (Phi) is 5.56. The monoisotopic (exact) mass is 343 g/mol. The first-order valence-corrected chi connectivity index (χ1v) is 9.37. The number of hydrogen-bond acceptors (Lipinski definition) is 3. The van der Waals surface area contributed by atoms with Gasteiger partial charge in [0.15, 0.2) is 5.96 Å². The Morgan fingerprint density at radius 1 is 1.36 bits per heavy atom. The van der Waals surface area contributed by atoms with Crippen molar-refractivity contribution in [3.05, 3.63) is 23.9 Å². The molecule has 136 valence electrons. The molecule has 1 amide bonds. The van der Waals surface area contributed by atoms with Gasteiger partial charge < -0.3 is 15.5 Å². The molecule has 6 nitrogen and oxygen atoms in total. The molecule has 3 rings (SSSR count). The summed E-state index contributed by atoms with van der Waals surface area (Å²) in [5, 5.41) is 6.21. The van der Waals surface area contributed by atoms with Gasteiger partial charge in [-0.2, -0.15) is 0 Å². The lowest BCUT2D eigenvalue weighted by molar-refractivity contribution is -0.116. The minimum Gasteiger partial charge on any atom is -0.357 e. The summed E-state index contributed by atoms with van der Waals surface area (Å²) < 4.78 is 0. The summed E-state index contributed by atoms with van der Waals surface area (Å²) in [4.78, 5) is 23.4. The molecule has 0 atom stereocenters. The first kappa shape index (κ1) is 17.7. The molecule has 0 aromatic carbocycles. The SMILES string of the molecule is CCNC(=NCCC(=O)Nc1cccc(C)n1)N1CCC2(CCC2)C1. The topological polar surface area (TPSA) is 69.6 Å². The van der Waals surface area contributed by atoms with Gasteiger partial charge in [0.1, 0.15) is 5.82 Å². The summed E-state index contributed by atoms with van der Waals surface area (Å²) in [7, 11) is 0. The predicted octanol–water partition coefficient (Wildman–Crippen LogP) is 2.56. The van der Waals surface area contributed by atoms with Crippen molar-refractivity contribution < 1.29 is 4.79 Å². The van der Waals surface area contributed by atoms with Crippen LogP contribution in [0.1, 0.15) is 44.7 Å². The Morgan fingerprint density at radius 3 is 2.84 bits per heavy atom. The molecule has 0 radical (unpaired) electrons. The normalized spacial score (nSPS) is 19.0. The number of nitrogens with one attached hydrogen (secondary N) is 2. The van der Waals surface area contributed by atoms with Crippen LogP contribution in [-0.4, -0.2) is 47.9 Å². The number of nitrogens with zero attached hydrogens (tertiary/aromatic N) is 3. The van der Waals surface area contributed by atoms with Gasteiger partial charge >= 0.3 is 0 Å². The van der Waals surface area contributed by atoms with E-state index in [1.807, 2.05) is 19.1 Å². The second-order valence-corrected chi connectivity index (χ2v) is 7.22. The van der Waals surface area contributed by atoms with Crippen LogP contribution >= 0.6 is 0 Å². The number of rotatable bonds is 5. The second kappa shape index (κ2) is 7.85. The maximum atomic E-state index is 12.1. The summed E-state index contributed by atoms with van der Waals surface area (Å²) in [6.45, 7) is 7.52. The van der Waals surface area contributed by atoms with E-state index in [2.05, 4.69) is 32.4 Å². The maximum Gasteiger partial charge on any atom is 0.227 e. The lowest BCUT2D eigenvalue weighted by Gasteiger charge is -2.38. The van der Waals surface area contributed by atoms with Gasteiger partial charge in [-0.3, -0.25) is 9.79 Å². The fourth-order valence-corrected chi connectivity index (χ4v) is 3.71. The van der Waals surface area contributed by atoms with E-state index < -0.39 is 0 Å². The number of guanidine groups is 1. The highest BCUT2D eigenvalue weighted by molar-refractivity contribution is 5.90. The molecule has 1 saturated heterocycles. The highest BCUT2D eigenvalue weighted by atomic mass is 16.1. The van der Waals surface area contributed by atoms with Gasteiger partial charge in [0.2, 0.25) is 5.91 Å². The van der Waals surface area contributed by atoms with Gasteiger partial charge in [0.25, 0.3) is 0 Å². The number of aliphatic imine (C=N–C) groups is 1. The molecule has 1 spiro atoms. The van der Waals surface area contributed by atoms with E-state index in [9.17, 15) is 4.79 Å². The third-order valence-corrected chi connectivity index (χ3v) is 5.24. The standard InChI is InChI=1S/C19H29N5O/c1-3-20-18(24-13-11-19(14-24)9-5-10-19)21-12-8-17(25)23-16-7-4-6-15(2)22-16/h4,6-7H,3,5,8-14H2,1-2H3,(H,20,21)(H,22,23,25). The summed E-state index contributed by atoms with van der Waals surface area (Å²) in [6, 6.07) is 5.61. The molecular weight excluding hydrogens is 314 g/mol. The summed E-state index contributed by atoms with van der Waals surface area (Å²) in [5.41, 5.74) is 1.44. The fraction of sp³-hybridized carbons (Fsp3) is 0.632. The van der Waals surface area contributed by atoms with Gasteiger partial charge in [-0.1, -0.05) is 12.5 Å². The first-order chi connectivity index (χ1) is 12.1. The third kappa shape index (κ3) is 4.50. The fourth-order valence-electron chi connectivity index (χ4n) is 3.71. The second-order valence-electron chi connectivity index (χ2n) is 7.22. The van der Waals surface area contributed by atoms with Crippen molar-refractivity contribution in [1.82, 2.24) is 15.2 Å². The van der Waals surface area contributed by atoms with E-state index in [0.29, 0.717) is 24.2 Å². The first-order valence-electron chi connectivity index (χ1n) is 9.37. The summed E-state index contributed by atoms with van der Waals surface area (Å²) >= 11 is 0. The average Bonchev–Trinajstić information content (AvgIpc) is 3.00. The van der Waals surface area contributed by atoms with E-state index in [4.69, 9.17) is 0 Å². The molecule has 1 aliphatic heterocycles. The molecule has 1 aromatic rings. The number of likely N-dealkylation sites (tertiary alicyclic amines) is 1. The van der Waals surface area contributed by atoms with Crippen LogP contribution in [0.25, 0.3) is 0 Å². The van der Waals surface area contributed by atoms with Crippen molar-refractivity contribution in [3.8, 4) is 0 Å². The van der Waals surface area contributed by atoms with E-state index >= 15 is 0 Å². The average molecular weight is 343 g/mol. The van der Waals surface area contributed by atoms with E-state index in [0.717, 1.165) is 31.3 Å².